The van der Waals surface area contributed by atoms with Crippen molar-refractivity contribution in [3.05, 3.63) is 12.3 Å². The Morgan fingerprint density at radius 3 is 2.44 bits per heavy atom. The number of hydrogen-bond donors (Lipinski definition) is 1. The third-order valence-electron chi connectivity index (χ3n) is 0.780. The second-order valence-electron chi connectivity index (χ2n) is 1.84. The molecule has 0 aromatic rings. The zero-order chi connectivity index (χ0) is 7.28. The fraction of sp³-hybridized carbons (Fsp3) is 0.500. The molecule has 52 valence electrons. The summed E-state index contributed by atoms with van der Waals surface area (Å²) in [4.78, 5) is 12.1. The molecule has 3 nitrogen and oxygen atoms in total. The quantitative estimate of drug-likeness (QED) is 0.556. The smallest absolute Gasteiger partial charge is 0.320 e. The van der Waals surface area contributed by atoms with Crippen LogP contribution in [0.25, 0.3) is 0 Å². The lowest BCUT2D eigenvalue weighted by Crippen LogP contribution is -2.30. The van der Waals surface area contributed by atoms with Crippen molar-refractivity contribution in [3.63, 3.8) is 0 Å². The third-order valence-corrected chi connectivity index (χ3v) is 0.780. The van der Waals surface area contributed by atoms with E-state index in [-0.39, 0.29) is 6.03 Å². The molecule has 0 aromatic heterocycles. The Bertz CT molecular complexity index is 118. The van der Waals surface area contributed by atoms with Gasteiger partial charge < -0.3 is 10.2 Å². The maximum Gasteiger partial charge on any atom is 0.320 e. The van der Waals surface area contributed by atoms with Crippen LogP contribution in [0.1, 0.15) is 6.92 Å². The third kappa shape index (κ3) is 3.58. The standard InChI is InChI=1S/C6H12N2O/c1-4-5-7-6(9)8(2)3/h4-5H,1-3H3,(H,7,9). The highest BCUT2D eigenvalue weighted by atomic mass is 16.2. The first-order valence-corrected chi connectivity index (χ1v) is 2.77. The Labute approximate surface area is 55.3 Å². The first-order chi connectivity index (χ1) is 4.18. The van der Waals surface area contributed by atoms with Crippen molar-refractivity contribution in [3.8, 4) is 0 Å². The van der Waals surface area contributed by atoms with E-state index >= 15 is 0 Å². The van der Waals surface area contributed by atoms with Gasteiger partial charge in [0.1, 0.15) is 0 Å². The Morgan fingerprint density at radius 1 is 1.56 bits per heavy atom. The first-order valence-electron chi connectivity index (χ1n) is 2.77. The van der Waals surface area contributed by atoms with Gasteiger partial charge in [-0.1, -0.05) is 6.08 Å². The molecule has 0 aliphatic rings. The van der Waals surface area contributed by atoms with E-state index in [1.807, 2.05) is 6.92 Å². The second kappa shape index (κ2) is 3.95. The molecule has 0 unspecified atom stereocenters. The summed E-state index contributed by atoms with van der Waals surface area (Å²) in [6.07, 6.45) is 3.36. The van der Waals surface area contributed by atoms with Crippen molar-refractivity contribution < 1.29 is 4.79 Å². The highest BCUT2D eigenvalue weighted by Gasteiger charge is 1.96. The number of urea groups is 1. The molecule has 0 radical (unpaired) electrons. The van der Waals surface area contributed by atoms with Gasteiger partial charge >= 0.3 is 6.03 Å². The number of rotatable bonds is 1. The number of nitrogens with zero attached hydrogens (tertiary/aromatic N) is 1. The number of carbonyl (C=O) groups excluding carboxylic acids is 1. The molecule has 0 spiro atoms. The summed E-state index contributed by atoms with van der Waals surface area (Å²) in [5.41, 5.74) is 0. The van der Waals surface area contributed by atoms with Crippen molar-refractivity contribution in [2.24, 2.45) is 0 Å². The van der Waals surface area contributed by atoms with Crippen LogP contribution in [0.2, 0.25) is 0 Å². The van der Waals surface area contributed by atoms with Gasteiger partial charge in [0.25, 0.3) is 0 Å². The van der Waals surface area contributed by atoms with Crippen LogP contribution in [0.5, 0.6) is 0 Å². The van der Waals surface area contributed by atoms with Gasteiger partial charge in [-0.2, -0.15) is 0 Å². The van der Waals surface area contributed by atoms with E-state index in [2.05, 4.69) is 5.32 Å². The fourth-order valence-corrected chi connectivity index (χ4v) is 0.284. The maximum atomic E-state index is 10.7. The fourth-order valence-electron chi connectivity index (χ4n) is 0.284. The molecule has 9 heavy (non-hydrogen) atoms. The van der Waals surface area contributed by atoms with Crippen molar-refractivity contribution in [1.82, 2.24) is 10.2 Å². The lowest BCUT2D eigenvalue weighted by molar-refractivity contribution is 0.221. The van der Waals surface area contributed by atoms with Crippen molar-refractivity contribution in [1.29, 1.82) is 0 Å². The normalized spacial score (nSPS) is 9.67. The molecule has 0 fully saturated rings. The largest absolute Gasteiger partial charge is 0.331 e. The van der Waals surface area contributed by atoms with Gasteiger partial charge in [-0.15, -0.1) is 0 Å². The molecule has 0 heterocycles. The van der Waals surface area contributed by atoms with Gasteiger partial charge in [0.15, 0.2) is 0 Å². The van der Waals surface area contributed by atoms with E-state index < -0.39 is 0 Å². The van der Waals surface area contributed by atoms with Crippen LogP contribution in [0.3, 0.4) is 0 Å². The Morgan fingerprint density at radius 2 is 2.11 bits per heavy atom. The SMILES string of the molecule is CC=CNC(=O)N(C)C. The molecule has 0 atom stereocenters. The molecule has 0 aliphatic heterocycles. The molecule has 0 saturated carbocycles. The average Bonchev–Trinajstić information content (AvgIpc) is 1.82. The van der Waals surface area contributed by atoms with E-state index in [0.717, 1.165) is 0 Å². The summed E-state index contributed by atoms with van der Waals surface area (Å²) in [6.45, 7) is 1.84. The number of hydrogen-bond acceptors (Lipinski definition) is 1. The molecule has 1 N–H and O–H groups in total. The van der Waals surface area contributed by atoms with Gasteiger partial charge in [-0.25, -0.2) is 4.79 Å². The molecule has 0 bridgehead atoms. The molecule has 0 saturated heterocycles. The number of allylic oxidation sites excluding steroid dienone is 1. The van der Waals surface area contributed by atoms with Gasteiger partial charge in [-0.05, 0) is 6.92 Å². The van der Waals surface area contributed by atoms with Gasteiger partial charge in [0, 0.05) is 20.3 Å². The summed E-state index contributed by atoms with van der Waals surface area (Å²) < 4.78 is 0. The van der Waals surface area contributed by atoms with Crippen LogP contribution in [0.4, 0.5) is 4.79 Å². The monoisotopic (exact) mass is 128 g/mol. The van der Waals surface area contributed by atoms with Crippen molar-refractivity contribution in [2.75, 3.05) is 14.1 Å². The van der Waals surface area contributed by atoms with Crippen LogP contribution >= 0.6 is 0 Å². The van der Waals surface area contributed by atoms with Crippen LogP contribution in [0, 0.1) is 0 Å². The summed E-state index contributed by atoms with van der Waals surface area (Å²) in [6, 6.07) is -0.104. The highest BCUT2D eigenvalue weighted by molar-refractivity contribution is 5.74. The summed E-state index contributed by atoms with van der Waals surface area (Å²) >= 11 is 0. The molecule has 3 heteroatoms. The van der Waals surface area contributed by atoms with Crippen LogP contribution < -0.4 is 5.32 Å². The maximum absolute atomic E-state index is 10.7. The Hall–Kier alpha value is -0.990. The minimum Gasteiger partial charge on any atom is -0.331 e. The minimum atomic E-state index is -0.104. The van der Waals surface area contributed by atoms with E-state index in [0.29, 0.717) is 0 Å². The van der Waals surface area contributed by atoms with Gasteiger partial charge in [0.2, 0.25) is 0 Å². The first kappa shape index (κ1) is 8.01. The zero-order valence-electron chi connectivity index (χ0n) is 6.01. The number of nitrogens with one attached hydrogen (secondary N) is 1. The molecular formula is C6H12N2O. The average molecular weight is 128 g/mol. The summed E-state index contributed by atoms with van der Waals surface area (Å²) in [5, 5.41) is 2.54. The van der Waals surface area contributed by atoms with Gasteiger partial charge in [-0.3, -0.25) is 0 Å². The van der Waals surface area contributed by atoms with E-state index in [1.54, 1.807) is 26.4 Å². The molecule has 0 aromatic carbocycles. The lowest BCUT2D eigenvalue weighted by atomic mass is 10.7. The molecule has 2 amide bonds. The summed E-state index contributed by atoms with van der Waals surface area (Å²) in [5.74, 6) is 0. The van der Waals surface area contributed by atoms with E-state index in [1.165, 1.54) is 4.90 Å². The topological polar surface area (TPSA) is 32.3 Å². The highest BCUT2D eigenvalue weighted by Crippen LogP contribution is 1.75. The zero-order valence-corrected chi connectivity index (χ0v) is 6.01. The lowest BCUT2D eigenvalue weighted by Gasteiger charge is -2.07. The second-order valence-corrected chi connectivity index (χ2v) is 1.84. The van der Waals surface area contributed by atoms with Crippen molar-refractivity contribution in [2.45, 2.75) is 6.92 Å². The Kier molecular flexibility index (Phi) is 3.51. The molecule has 0 aliphatic carbocycles. The summed E-state index contributed by atoms with van der Waals surface area (Å²) in [7, 11) is 3.39. The van der Waals surface area contributed by atoms with E-state index in [9.17, 15) is 4.79 Å². The minimum absolute atomic E-state index is 0.104. The Balaban J connectivity index is 3.51. The molecular weight excluding hydrogens is 116 g/mol. The predicted octanol–water partition coefficient (Wildman–Crippen LogP) is 0.791. The van der Waals surface area contributed by atoms with Crippen LogP contribution in [-0.2, 0) is 0 Å². The van der Waals surface area contributed by atoms with Crippen LogP contribution in [0.15, 0.2) is 12.3 Å². The molecule has 0 rings (SSSR count). The van der Waals surface area contributed by atoms with Crippen molar-refractivity contribution >= 4 is 6.03 Å². The van der Waals surface area contributed by atoms with E-state index in [4.69, 9.17) is 0 Å². The number of amides is 2. The van der Waals surface area contributed by atoms with Gasteiger partial charge in [0.05, 0.1) is 0 Å². The predicted molar refractivity (Wildman–Crippen MR) is 37.0 cm³/mol. The van der Waals surface area contributed by atoms with Crippen LogP contribution in [-0.4, -0.2) is 25.0 Å². The number of carbonyl (C=O) groups is 1.